The average molecular weight is 384 g/mol. The van der Waals surface area contributed by atoms with E-state index < -0.39 is 42.4 Å². The summed E-state index contributed by atoms with van der Waals surface area (Å²) in [6, 6.07) is -2.51. The number of carbonyl (C=O) groups excluding carboxylic acids is 3. The van der Waals surface area contributed by atoms with Crippen molar-refractivity contribution in [1.29, 1.82) is 0 Å². The minimum absolute atomic E-state index is 0.172. The SMILES string of the molecule is CO/N=C(\C(=O)N[C@@H]1C(=O)N(C(=O)NCC(=O)O)[C@@H]1C)c1csc(N)n1. The molecular weight excluding hydrogens is 368 g/mol. The van der Waals surface area contributed by atoms with Crippen LogP contribution in [-0.2, 0) is 19.2 Å². The van der Waals surface area contributed by atoms with E-state index in [1.54, 1.807) is 0 Å². The summed E-state index contributed by atoms with van der Waals surface area (Å²) in [4.78, 5) is 56.1. The summed E-state index contributed by atoms with van der Waals surface area (Å²) in [5.41, 5.74) is 5.54. The van der Waals surface area contributed by atoms with Crippen LogP contribution in [0, 0.1) is 0 Å². The molecule has 0 unspecified atom stereocenters. The smallest absolute Gasteiger partial charge is 0.324 e. The zero-order chi connectivity index (χ0) is 19.4. The number of rotatable bonds is 6. The molecule has 140 valence electrons. The van der Waals surface area contributed by atoms with Gasteiger partial charge in [-0.15, -0.1) is 11.3 Å². The summed E-state index contributed by atoms with van der Waals surface area (Å²) < 4.78 is 0. The molecule has 0 saturated carbocycles. The zero-order valence-electron chi connectivity index (χ0n) is 13.8. The Kier molecular flexibility index (Phi) is 5.71. The summed E-state index contributed by atoms with van der Waals surface area (Å²) in [5.74, 6) is -2.65. The number of imide groups is 1. The third-order valence-corrected chi connectivity index (χ3v) is 4.13. The molecule has 2 rings (SSSR count). The first-order chi connectivity index (χ1) is 12.3. The average Bonchev–Trinajstić information content (AvgIpc) is 3.01. The zero-order valence-corrected chi connectivity index (χ0v) is 14.6. The fourth-order valence-corrected chi connectivity index (χ4v) is 2.78. The van der Waals surface area contributed by atoms with E-state index in [0.29, 0.717) is 0 Å². The van der Waals surface area contributed by atoms with E-state index in [4.69, 9.17) is 10.8 Å². The third-order valence-electron chi connectivity index (χ3n) is 3.45. The number of amides is 4. The van der Waals surface area contributed by atoms with Crippen molar-refractivity contribution >= 4 is 46.0 Å². The molecule has 0 aliphatic carbocycles. The van der Waals surface area contributed by atoms with Crippen molar-refractivity contribution in [3.8, 4) is 0 Å². The predicted octanol–water partition coefficient (Wildman–Crippen LogP) is -1.41. The first-order valence-electron chi connectivity index (χ1n) is 7.22. The predicted molar refractivity (Wildman–Crippen MR) is 89.3 cm³/mol. The normalized spacial score (nSPS) is 19.5. The monoisotopic (exact) mass is 384 g/mol. The number of nitrogens with zero attached hydrogens (tertiary/aromatic N) is 3. The van der Waals surface area contributed by atoms with Crippen LogP contribution in [0.2, 0.25) is 0 Å². The van der Waals surface area contributed by atoms with Gasteiger partial charge in [0.25, 0.3) is 11.8 Å². The number of hydrogen-bond acceptors (Lipinski definition) is 9. The van der Waals surface area contributed by atoms with Gasteiger partial charge in [0, 0.05) is 5.38 Å². The van der Waals surface area contributed by atoms with E-state index in [1.165, 1.54) is 19.4 Å². The van der Waals surface area contributed by atoms with Crippen molar-refractivity contribution in [2.45, 2.75) is 19.0 Å². The lowest BCUT2D eigenvalue weighted by Crippen LogP contribution is -2.72. The number of anilines is 1. The lowest BCUT2D eigenvalue weighted by Gasteiger charge is -2.43. The Hall–Kier alpha value is -3.22. The molecule has 0 aromatic carbocycles. The molecule has 0 radical (unpaired) electrons. The number of aromatic nitrogens is 1. The van der Waals surface area contributed by atoms with Crippen LogP contribution in [0.5, 0.6) is 0 Å². The molecule has 1 aromatic heterocycles. The Bertz CT molecular complexity index is 777. The lowest BCUT2D eigenvalue weighted by atomic mass is 9.97. The summed E-state index contributed by atoms with van der Waals surface area (Å²) in [7, 11) is 1.24. The van der Waals surface area contributed by atoms with Gasteiger partial charge >= 0.3 is 12.0 Å². The fourth-order valence-electron chi connectivity index (χ4n) is 2.23. The first-order valence-corrected chi connectivity index (χ1v) is 8.10. The van der Waals surface area contributed by atoms with Crippen molar-refractivity contribution in [2.75, 3.05) is 19.4 Å². The molecule has 0 spiro atoms. The van der Waals surface area contributed by atoms with Gasteiger partial charge in [0.15, 0.2) is 10.8 Å². The van der Waals surface area contributed by atoms with Crippen molar-refractivity contribution in [3.05, 3.63) is 11.1 Å². The van der Waals surface area contributed by atoms with E-state index in [9.17, 15) is 19.2 Å². The number of nitrogens with one attached hydrogen (secondary N) is 2. The van der Waals surface area contributed by atoms with Crippen LogP contribution in [0.4, 0.5) is 9.93 Å². The number of carboxylic acid groups (broad SMARTS) is 1. The van der Waals surface area contributed by atoms with E-state index in [1.807, 2.05) is 0 Å². The van der Waals surface area contributed by atoms with E-state index in [2.05, 4.69) is 25.6 Å². The number of nitrogens with two attached hydrogens (primary N) is 1. The number of thiazole rings is 1. The number of carbonyl (C=O) groups is 4. The van der Waals surface area contributed by atoms with Gasteiger partial charge in [-0.2, -0.15) is 0 Å². The maximum Gasteiger partial charge on any atom is 0.324 e. The Morgan fingerprint density at radius 2 is 2.19 bits per heavy atom. The van der Waals surface area contributed by atoms with Gasteiger partial charge in [-0.3, -0.25) is 19.3 Å². The highest BCUT2D eigenvalue weighted by Crippen LogP contribution is 2.20. The molecule has 12 nitrogen and oxygen atoms in total. The molecule has 1 saturated heterocycles. The second-order valence-corrected chi connectivity index (χ2v) is 6.04. The van der Waals surface area contributed by atoms with E-state index in [0.717, 1.165) is 16.2 Å². The Labute approximate surface area is 151 Å². The highest BCUT2D eigenvalue weighted by atomic mass is 32.1. The second-order valence-electron chi connectivity index (χ2n) is 5.15. The minimum atomic E-state index is -1.24. The first kappa shape index (κ1) is 19.1. The maximum absolute atomic E-state index is 12.4. The largest absolute Gasteiger partial charge is 0.480 e. The molecule has 1 aromatic rings. The van der Waals surface area contributed by atoms with Gasteiger partial charge in [0.05, 0.1) is 6.04 Å². The Morgan fingerprint density at radius 1 is 1.50 bits per heavy atom. The van der Waals surface area contributed by atoms with Crippen molar-refractivity contribution in [3.63, 3.8) is 0 Å². The van der Waals surface area contributed by atoms with Gasteiger partial charge in [-0.1, -0.05) is 5.16 Å². The molecule has 1 fully saturated rings. The van der Waals surface area contributed by atoms with Crippen LogP contribution in [0.15, 0.2) is 10.5 Å². The topological polar surface area (TPSA) is 176 Å². The Morgan fingerprint density at radius 3 is 2.69 bits per heavy atom. The van der Waals surface area contributed by atoms with Crippen molar-refractivity contribution < 1.29 is 29.1 Å². The molecular formula is C13H16N6O6S. The molecule has 4 amide bonds. The number of β-lactam (4-membered cyclic amide) rings is 1. The maximum atomic E-state index is 12.4. The molecule has 1 aliphatic heterocycles. The number of oxime groups is 1. The second kappa shape index (κ2) is 7.77. The third kappa shape index (κ3) is 3.88. The number of hydrogen-bond donors (Lipinski definition) is 4. The van der Waals surface area contributed by atoms with E-state index in [-0.39, 0.29) is 16.5 Å². The summed E-state index contributed by atoms with van der Waals surface area (Å²) in [5, 5.41) is 18.4. The van der Waals surface area contributed by atoms with Crippen LogP contribution in [-0.4, -0.2) is 70.3 Å². The van der Waals surface area contributed by atoms with Crippen LogP contribution in [0.3, 0.4) is 0 Å². The number of aliphatic carboxylic acids is 1. The standard InChI is InChI=1S/C13H16N6O6S/c1-5-8(11(23)19(5)13(24)15-3-7(20)21)17-10(22)9(18-25-2)6-4-26-12(14)16-6/h4-5,8H,3H2,1-2H3,(H2,14,16)(H,15,24)(H,17,22)(H,20,21)/b18-9-/t5-,8+/m1/s1. The molecule has 5 N–H and O–H groups in total. The van der Waals surface area contributed by atoms with Gasteiger partial charge in [0.1, 0.15) is 25.4 Å². The number of urea groups is 1. The summed E-state index contributed by atoms with van der Waals surface area (Å²) >= 11 is 1.10. The van der Waals surface area contributed by atoms with Crippen LogP contribution in [0.25, 0.3) is 0 Å². The molecule has 0 bridgehead atoms. The highest BCUT2D eigenvalue weighted by Gasteiger charge is 2.49. The lowest BCUT2D eigenvalue weighted by molar-refractivity contribution is -0.146. The van der Waals surface area contributed by atoms with Crippen LogP contribution in [0.1, 0.15) is 12.6 Å². The van der Waals surface area contributed by atoms with Crippen molar-refractivity contribution in [2.24, 2.45) is 5.16 Å². The molecule has 13 heteroatoms. The fraction of sp³-hybridized carbons (Fsp3) is 0.385. The molecule has 1 aliphatic rings. The Balaban J connectivity index is 2.03. The van der Waals surface area contributed by atoms with Gasteiger partial charge < -0.3 is 26.3 Å². The number of carboxylic acids is 1. The van der Waals surface area contributed by atoms with Crippen LogP contribution < -0.4 is 16.4 Å². The number of likely N-dealkylation sites (tertiary alicyclic amines) is 1. The summed E-state index contributed by atoms with van der Waals surface area (Å²) in [6.07, 6.45) is 0. The van der Waals surface area contributed by atoms with Gasteiger partial charge in [-0.05, 0) is 6.92 Å². The van der Waals surface area contributed by atoms with Crippen LogP contribution >= 0.6 is 11.3 Å². The van der Waals surface area contributed by atoms with Gasteiger partial charge in [0.2, 0.25) is 0 Å². The molecule has 2 heterocycles. The molecule has 2 atom stereocenters. The highest BCUT2D eigenvalue weighted by molar-refractivity contribution is 7.13. The quantitative estimate of drug-likeness (QED) is 0.262. The molecule has 26 heavy (non-hydrogen) atoms. The number of nitrogen functional groups attached to an aromatic ring is 1. The van der Waals surface area contributed by atoms with Crippen molar-refractivity contribution in [1.82, 2.24) is 20.5 Å². The minimum Gasteiger partial charge on any atom is -0.480 e. The van der Waals surface area contributed by atoms with E-state index >= 15 is 0 Å². The summed E-state index contributed by atoms with van der Waals surface area (Å²) in [6.45, 7) is 0.906. The van der Waals surface area contributed by atoms with Gasteiger partial charge in [-0.25, -0.2) is 9.78 Å².